The summed E-state index contributed by atoms with van der Waals surface area (Å²) in [6, 6.07) is 0.298. The third kappa shape index (κ3) is 1.68. The molecule has 1 heterocycles. The highest BCUT2D eigenvalue weighted by molar-refractivity contribution is 6.37. The monoisotopic (exact) mass is 262 g/mol. The minimum atomic E-state index is -1.49. The van der Waals surface area contributed by atoms with Crippen LogP contribution in [0.25, 0.3) is 10.9 Å². The van der Waals surface area contributed by atoms with E-state index in [1.165, 1.54) is 0 Å². The predicted octanol–water partition coefficient (Wildman–Crippen LogP) is 3.21. The van der Waals surface area contributed by atoms with Crippen molar-refractivity contribution in [1.82, 2.24) is 4.98 Å². The molecular formula is C9H2ClF3N2O2. The van der Waals surface area contributed by atoms with E-state index in [-0.39, 0.29) is 0 Å². The van der Waals surface area contributed by atoms with Gasteiger partial charge in [0.1, 0.15) is 16.7 Å². The van der Waals surface area contributed by atoms with E-state index in [1.807, 2.05) is 0 Å². The normalized spacial score (nSPS) is 10.8. The maximum Gasteiger partial charge on any atom is 0.306 e. The van der Waals surface area contributed by atoms with E-state index < -0.39 is 44.0 Å². The number of pyridine rings is 1. The van der Waals surface area contributed by atoms with Gasteiger partial charge < -0.3 is 0 Å². The molecule has 0 aliphatic carbocycles. The van der Waals surface area contributed by atoms with Crippen LogP contribution in [0.1, 0.15) is 0 Å². The van der Waals surface area contributed by atoms with E-state index >= 15 is 0 Å². The van der Waals surface area contributed by atoms with Crippen LogP contribution in [0.15, 0.2) is 12.3 Å². The van der Waals surface area contributed by atoms with Gasteiger partial charge in [0, 0.05) is 6.07 Å². The van der Waals surface area contributed by atoms with Crippen molar-refractivity contribution in [2.75, 3.05) is 0 Å². The van der Waals surface area contributed by atoms with E-state index in [0.29, 0.717) is 12.3 Å². The molecule has 17 heavy (non-hydrogen) atoms. The number of nitro groups is 1. The van der Waals surface area contributed by atoms with E-state index in [1.54, 1.807) is 0 Å². The molecule has 1 aromatic carbocycles. The van der Waals surface area contributed by atoms with E-state index in [4.69, 9.17) is 11.6 Å². The number of fused-ring (bicyclic) bond motifs is 1. The second-order valence-corrected chi connectivity index (χ2v) is 3.47. The zero-order valence-corrected chi connectivity index (χ0v) is 8.63. The minimum absolute atomic E-state index is 0.298. The van der Waals surface area contributed by atoms with Crippen molar-refractivity contribution >= 4 is 28.2 Å². The molecule has 0 atom stereocenters. The molecule has 0 N–H and O–H groups in total. The zero-order valence-electron chi connectivity index (χ0n) is 7.88. The Morgan fingerprint density at radius 2 is 1.94 bits per heavy atom. The van der Waals surface area contributed by atoms with Crippen molar-refractivity contribution in [2.45, 2.75) is 0 Å². The first-order chi connectivity index (χ1) is 7.93. The van der Waals surface area contributed by atoms with Crippen molar-refractivity contribution in [1.29, 1.82) is 0 Å². The molecule has 0 saturated heterocycles. The van der Waals surface area contributed by atoms with Crippen LogP contribution in [-0.2, 0) is 0 Å². The zero-order chi connectivity index (χ0) is 12.7. The summed E-state index contributed by atoms with van der Waals surface area (Å²) in [6.07, 6.45) is 0.686. The number of halogens is 4. The Kier molecular flexibility index (Phi) is 2.62. The second-order valence-electron chi connectivity index (χ2n) is 3.09. The van der Waals surface area contributed by atoms with Crippen LogP contribution in [0.5, 0.6) is 0 Å². The SMILES string of the molecule is O=[N+]([O-])c1cnc2c(F)cc(F)c(F)c2c1Cl. The topological polar surface area (TPSA) is 56.0 Å². The van der Waals surface area contributed by atoms with Gasteiger partial charge in [0.2, 0.25) is 0 Å². The average molecular weight is 263 g/mol. The van der Waals surface area contributed by atoms with Gasteiger partial charge in [0.05, 0.1) is 10.3 Å². The minimum Gasteiger partial charge on any atom is -0.258 e. The first-order valence-corrected chi connectivity index (χ1v) is 4.57. The number of rotatable bonds is 1. The van der Waals surface area contributed by atoms with Gasteiger partial charge in [-0.15, -0.1) is 0 Å². The molecule has 0 aliphatic heterocycles. The maximum atomic E-state index is 13.4. The highest BCUT2D eigenvalue weighted by atomic mass is 35.5. The fourth-order valence-corrected chi connectivity index (χ4v) is 1.64. The lowest BCUT2D eigenvalue weighted by Gasteiger charge is -2.04. The summed E-state index contributed by atoms with van der Waals surface area (Å²) >= 11 is 5.53. The number of nitrogens with zero attached hydrogens (tertiary/aromatic N) is 2. The van der Waals surface area contributed by atoms with Crippen molar-refractivity contribution < 1.29 is 18.1 Å². The molecule has 0 radical (unpaired) electrons. The fourth-order valence-electron chi connectivity index (χ4n) is 1.35. The Bertz CT molecular complexity index is 648. The van der Waals surface area contributed by atoms with Gasteiger partial charge in [0.25, 0.3) is 0 Å². The summed E-state index contributed by atoms with van der Waals surface area (Å²) in [5.41, 5.74) is -1.28. The lowest BCUT2D eigenvalue weighted by molar-refractivity contribution is -0.384. The molecule has 0 spiro atoms. The molecule has 2 aromatic rings. The standard InChI is InChI=1S/C9H2ClF3N2O2/c10-7-5(15(16)17)2-14-9-4(12)1-3(11)8(13)6(7)9/h1-2H. The predicted molar refractivity (Wildman–Crippen MR) is 53.3 cm³/mol. The summed E-state index contributed by atoms with van der Waals surface area (Å²) < 4.78 is 39.6. The van der Waals surface area contributed by atoms with Crippen LogP contribution < -0.4 is 0 Å². The van der Waals surface area contributed by atoms with E-state index in [2.05, 4.69) is 4.98 Å². The first kappa shape index (κ1) is 11.6. The van der Waals surface area contributed by atoms with Gasteiger partial charge in [-0.05, 0) is 0 Å². The number of hydrogen-bond donors (Lipinski definition) is 0. The highest BCUT2D eigenvalue weighted by Gasteiger charge is 2.23. The smallest absolute Gasteiger partial charge is 0.258 e. The molecule has 2 rings (SSSR count). The molecule has 0 amide bonds. The van der Waals surface area contributed by atoms with Crippen molar-refractivity contribution in [3.05, 3.63) is 44.9 Å². The average Bonchev–Trinajstić information content (AvgIpc) is 2.25. The number of aromatic nitrogens is 1. The summed E-state index contributed by atoms with van der Waals surface area (Å²) in [6.45, 7) is 0. The van der Waals surface area contributed by atoms with E-state index in [9.17, 15) is 23.3 Å². The number of hydrogen-bond acceptors (Lipinski definition) is 3. The molecular weight excluding hydrogens is 261 g/mol. The molecule has 0 unspecified atom stereocenters. The van der Waals surface area contributed by atoms with Crippen LogP contribution in [0, 0.1) is 27.6 Å². The molecule has 0 fully saturated rings. The third-order valence-electron chi connectivity index (χ3n) is 2.10. The Labute approximate surface area is 96.8 Å². The van der Waals surface area contributed by atoms with Crippen LogP contribution in [-0.4, -0.2) is 9.91 Å². The summed E-state index contributed by atoms with van der Waals surface area (Å²) in [5, 5.41) is 9.10. The van der Waals surface area contributed by atoms with E-state index in [0.717, 1.165) is 0 Å². The second kappa shape index (κ2) is 3.85. The van der Waals surface area contributed by atoms with Crippen molar-refractivity contribution in [3.63, 3.8) is 0 Å². The lowest BCUT2D eigenvalue weighted by atomic mass is 10.2. The van der Waals surface area contributed by atoms with Crippen molar-refractivity contribution in [3.8, 4) is 0 Å². The Balaban J connectivity index is 2.98. The summed E-state index contributed by atoms with van der Waals surface area (Å²) in [7, 11) is 0. The van der Waals surface area contributed by atoms with Gasteiger partial charge in [-0.3, -0.25) is 10.1 Å². The largest absolute Gasteiger partial charge is 0.306 e. The van der Waals surface area contributed by atoms with Crippen LogP contribution in [0.2, 0.25) is 5.02 Å². The molecule has 88 valence electrons. The number of benzene rings is 1. The maximum absolute atomic E-state index is 13.4. The first-order valence-electron chi connectivity index (χ1n) is 4.19. The van der Waals surface area contributed by atoms with Gasteiger partial charge >= 0.3 is 5.69 Å². The molecule has 0 saturated carbocycles. The van der Waals surface area contributed by atoms with Gasteiger partial charge in [-0.25, -0.2) is 18.2 Å². The van der Waals surface area contributed by atoms with Gasteiger partial charge in [-0.1, -0.05) is 11.6 Å². The molecule has 0 bridgehead atoms. The third-order valence-corrected chi connectivity index (χ3v) is 2.49. The highest BCUT2D eigenvalue weighted by Crippen LogP contribution is 2.34. The lowest BCUT2D eigenvalue weighted by Crippen LogP contribution is -1.97. The molecule has 8 heteroatoms. The van der Waals surface area contributed by atoms with Crippen molar-refractivity contribution in [2.24, 2.45) is 0 Å². The molecule has 0 aliphatic rings. The Morgan fingerprint density at radius 1 is 1.29 bits per heavy atom. The fraction of sp³-hybridized carbons (Fsp3) is 0. The Morgan fingerprint density at radius 3 is 2.53 bits per heavy atom. The van der Waals surface area contributed by atoms with Gasteiger partial charge in [-0.2, -0.15) is 0 Å². The summed E-state index contributed by atoms with van der Waals surface area (Å²) in [4.78, 5) is 13.0. The Hall–Kier alpha value is -1.89. The van der Waals surface area contributed by atoms with Gasteiger partial charge in [0.15, 0.2) is 17.5 Å². The molecule has 1 aromatic heterocycles. The van der Waals surface area contributed by atoms with Crippen LogP contribution in [0.4, 0.5) is 18.9 Å². The quantitative estimate of drug-likeness (QED) is 0.450. The van der Waals surface area contributed by atoms with Crippen LogP contribution in [0.3, 0.4) is 0 Å². The van der Waals surface area contributed by atoms with Crippen LogP contribution >= 0.6 is 11.6 Å². The summed E-state index contributed by atoms with van der Waals surface area (Å²) in [5.74, 6) is -4.10. The molecule has 4 nitrogen and oxygen atoms in total.